The number of ether oxygens (including phenoxy) is 1. The second-order valence-electron chi connectivity index (χ2n) is 7.73. The monoisotopic (exact) mass is 365 g/mol. The van der Waals surface area contributed by atoms with Crippen molar-refractivity contribution in [3.63, 3.8) is 0 Å². The minimum atomic E-state index is 0.125. The maximum atomic E-state index is 13.3. The van der Waals surface area contributed by atoms with Gasteiger partial charge in [-0.2, -0.15) is 0 Å². The summed E-state index contributed by atoms with van der Waals surface area (Å²) in [6, 6.07) is 5.98. The smallest absolute Gasteiger partial charge is 0.254 e. The number of piperidine rings is 1. The molecule has 1 aliphatic carbocycles. The van der Waals surface area contributed by atoms with E-state index in [9.17, 15) is 4.79 Å². The fourth-order valence-electron chi connectivity index (χ4n) is 4.81. The number of hydrogen-bond acceptors (Lipinski definition) is 3. The molecule has 2 heterocycles. The molecule has 27 heavy (non-hydrogen) atoms. The van der Waals surface area contributed by atoms with Crippen molar-refractivity contribution in [3.8, 4) is 0 Å². The number of fused-ring (bicyclic) bond motifs is 2. The van der Waals surface area contributed by atoms with Gasteiger partial charge in [-0.25, -0.2) is 4.98 Å². The van der Waals surface area contributed by atoms with Crippen LogP contribution in [0.3, 0.4) is 0 Å². The van der Waals surface area contributed by atoms with E-state index in [-0.39, 0.29) is 11.9 Å². The van der Waals surface area contributed by atoms with Crippen molar-refractivity contribution in [2.45, 2.75) is 46.1 Å². The molecule has 0 spiro atoms. The van der Waals surface area contributed by atoms with Crippen LogP contribution in [-0.4, -0.2) is 40.5 Å². The summed E-state index contributed by atoms with van der Waals surface area (Å²) in [4.78, 5) is 22.8. The fraction of sp³-hybridized carbons (Fsp3) is 0.455. The van der Waals surface area contributed by atoms with Crippen molar-refractivity contribution in [2.24, 2.45) is 5.92 Å². The van der Waals surface area contributed by atoms with Crippen LogP contribution in [0.1, 0.15) is 50.4 Å². The number of benzene rings is 1. The number of likely N-dealkylation sites (tertiary alicyclic amines) is 1. The molecule has 1 saturated heterocycles. The van der Waals surface area contributed by atoms with Crippen LogP contribution in [0.2, 0.25) is 0 Å². The van der Waals surface area contributed by atoms with E-state index < -0.39 is 0 Å². The molecule has 1 aromatic heterocycles. The molecule has 4 rings (SSSR count). The first kappa shape index (κ1) is 17.8. The third-order valence-electron chi connectivity index (χ3n) is 6.29. The van der Waals surface area contributed by atoms with Crippen molar-refractivity contribution in [2.75, 3.05) is 13.7 Å². The number of imidazole rings is 1. The number of carbonyl (C=O) groups is 1. The van der Waals surface area contributed by atoms with Crippen LogP contribution < -0.4 is 0 Å². The van der Waals surface area contributed by atoms with E-state index in [1.54, 1.807) is 13.4 Å². The van der Waals surface area contributed by atoms with Gasteiger partial charge in [-0.15, -0.1) is 0 Å². The Morgan fingerprint density at radius 2 is 2.15 bits per heavy atom. The number of H-pyrrole nitrogens is 1. The van der Waals surface area contributed by atoms with Gasteiger partial charge < -0.3 is 14.6 Å². The molecule has 1 aromatic carbocycles. The zero-order valence-electron chi connectivity index (χ0n) is 16.5. The first-order valence-corrected chi connectivity index (χ1v) is 9.67. The zero-order chi connectivity index (χ0) is 19.1. The van der Waals surface area contributed by atoms with Crippen molar-refractivity contribution in [1.82, 2.24) is 14.9 Å². The second kappa shape index (κ2) is 6.87. The van der Waals surface area contributed by atoms with Crippen molar-refractivity contribution < 1.29 is 9.53 Å². The lowest BCUT2D eigenvalue weighted by Crippen LogP contribution is -2.47. The van der Waals surface area contributed by atoms with Gasteiger partial charge in [0.15, 0.2) is 0 Å². The van der Waals surface area contributed by atoms with Crippen LogP contribution in [0.25, 0.3) is 11.0 Å². The standard InChI is InChI=1S/C22H27N3O2/c1-13-10-20-17(21(13)14(2)15(3)27-4)6-5-9-25(20)22(26)16-7-8-18-19(11-16)24-12-23-18/h7-8,11-12,17,20H,5-6,9-10H2,1-4H3,(H,23,24)/b15-14+/t17-,20-/m0/s1. The Hall–Kier alpha value is -2.56. The van der Waals surface area contributed by atoms with E-state index in [2.05, 4.69) is 28.7 Å². The molecule has 0 unspecified atom stereocenters. The molecule has 0 bridgehead atoms. The van der Waals surface area contributed by atoms with E-state index in [1.807, 2.05) is 25.1 Å². The number of allylic oxidation sites excluding steroid dienone is 2. The molecule has 1 fully saturated rings. The second-order valence-corrected chi connectivity index (χ2v) is 7.73. The topological polar surface area (TPSA) is 58.2 Å². The molecule has 0 radical (unpaired) electrons. The normalized spacial score (nSPS) is 23.5. The third kappa shape index (κ3) is 2.95. The first-order chi connectivity index (χ1) is 13.0. The van der Waals surface area contributed by atoms with Gasteiger partial charge in [-0.3, -0.25) is 4.79 Å². The largest absolute Gasteiger partial charge is 0.501 e. The van der Waals surface area contributed by atoms with E-state index in [0.29, 0.717) is 5.92 Å². The van der Waals surface area contributed by atoms with Gasteiger partial charge in [-0.05, 0) is 69.4 Å². The van der Waals surface area contributed by atoms with Crippen LogP contribution in [0.5, 0.6) is 0 Å². The average Bonchev–Trinajstić information content (AvgIpc) is 3.28. The third-order valence-corrected chi connectivity index (χ3v) is 6.29. The maximum Gasteiger partial charge on any atom is 0.254 e. The molecule has 2 aromatic rings. The molecule has 5 nitrogen and oxygen atoms in total. The van der Waals surface area contributed by atoms with E-state index >= 15 is 0 Å². The van der Waals surface area contributed by atoms with Gasteiger partial charge in [0.1, 0.15) is 0 Å². The molecule has 2 atom stereocenters. The summed E-state index contributed by atoms with van der Waals surface area (Å²) in [5, 5.41) is 0. The molecule has 0 saturated carbocycles. The molecule has 142 valence electrons. The number of nitrogens with one attached hydrogen (secondary N) is 1. The van der Waals surface area contributed by atoms with Gasteiger partial charge in [-0.1, -0.05) is 5.57 Å². The summed E-state index contributed by atoms with van der Waals surface area (Å²) in [7, 11) is 1.73. The number of nitrogens with zero attached hydrogens (tertiary/aromatic N) is 2. The van der Waals surface area contributed by atoms with Crippen molar-refractivity contribution >= 4 is 16.9 Å². The lowest BCUT2D eigenvalue weighted by molar-refractivity contribution is 0.0563. The molecule has 1 aliphatic heterocycles. The van der Waals surface area contributed by atoms with E-state index in [0.717, 1.165) is 48.2 Å². The molecule has 2 aliphatic rings. The van der Waals surface area contributed by atoms with Crippen LogP contribution >= 0.6 is 0 Å². The predicted molar refractivity (Wildman–Crippen MR) is 106 cm³/mol. The minimum Gasteiger partial charge on any atom is -0.501 e. The summed E-state index contributed by atoms with van der Waals surface area (Å²) < 4.78 is 5.48. The number of amides is 1. The average molecular weight is 365 g/mol. The van der Waals surface area contributed by atoms with Crippen LogP contribution in [0.15, 0.2) is 47.0 Å². The summed E-state index contributed by atoms with van der Waals surface area (Å²) in [5.74, 6) is 1.50. The van der Waals surface area contributed by atoms with Crippen LogP contribution in [0.4, 0.5) is 0 Å². The quantitative estimate of drug-likeness (QED) is 0.818. The highest BCUT2D eigenvalue weighted by Crippen LogP contribution is 2.45. The Labute approximate surface area is 160 Å². The predicted octanol–water partition coefficient (Wildman–Crippen LogP) is 4.44. The number of hydrogen-bond donors (Lipinski definition) is 1. The van der Waals surface area contributed by atoms with Gasteiger partial charge in [0.05, 0.1) is 30.2 Å². The number of aromatic nitrogens is 2. The number of carbonyl (C=O) groups excluding carboxylic acids is 1. The summed E-state index contributed by atoms with van der Waals surface area (Å²) >= 11 is 0. The van der Waals surface area contributed by atoms with Crippen LogP contribution in [-0.2, 0) is 4.74 Å². The van der Waals surface area contributed by atoms with E-state index in [1.165, 1.54) is 16.7 Å². The SMILES string of the molecule is CO/C(C)=C(\C)C1=C(C)C[C@H]2[C@@H]1CCCN2C(=O)c1ccc2nc[nH]c2c1. The highest BCUT2D eigenvalue weighted by molar-refractivity contribution is 5.97. The molecule has 1 N–H and O–H groups in total. The highest BCUT2D eigenvalue weighted by atomic mass is 16.5. The maximum absolute atomic E-state index is 13.3. The number of methoxy groups -OCH3 is 1. The summed E-state index contributed by atoms with van der Waals surface area (Å²) in [6.07, 6.45) is 4.79. The lowest BCUT2D eigenvalue weighted by atomic mass is 9.84. The van der Waals surface area contributed by atoms with Gasteiger partial charge in [0.25, 0.3) is 5.91 Å². The Bertz CT molecular complexity index is 953. The fourth-order valence-corrected chi connectivity index (χ4v) is 4.81. The first-order valence-electron chi connectivity index (χ1n) is 9.67. The van der Waals surface area contributed by atoms with Crippen molar-refractivity contribution in [3.05, 3.63) is 52.6 Å². The Kier molecular flexibility index (Phi) is 4.54. The summed E-state index contributed by atoms with van der Waals surface area (Å²) in [6.45, 7) is 7.20. The lowest BCUT2D eigenvalue weighted by Gasteiger charge is -2.39. The van der Waals surface area contributed by atoms with Gasteiger partial charge in [0, 0.05) is 24.1 Å². The molecular weight excluding hydrogens is 338 g/mol. The zero-order valence-corrected chi connectivity index (χ0v) is 16.5. The minimum absolute atomic E-state index is 0.125. The Morgan fingerprint density at radius 1 is 1.33 bits per heavy atom. The summed E-state index contributed by atoms with van der Waals surface area (Å²) in [5.41, 5.74) is 6.56. The molecule has 5 heteroatoms. The Morgan fingerprint density at radius 3 is 2.93 bits per heavy atom. The number of rotatable bonds is 3. The molecular formula is C22H27N3O2. The molecule has 1 amide bonds. The van der Waals surface area contributed by atoms with E-state index in [4.69, 9.17) is 4.74 Å². The van der Waals surface area contributed by atoms with Gasteiger partial charge in [0.2, 0.25) is 0 Å². The highest BCUT2D eigenvalue weighted by Gasteiger charge is 2.42. The Balaban J connectivity index is 1.63. The number of aromatic amines is 1. The van der Waals surface area contributed by atoms with Crippen LogP contribution in [0, 0.1) is 5.92 Å². The van der Waals surface area contributed by atoms with Gasteiger partial charge >= 0.3 is 0 Å². The van der Waals surface area contributed by atoms with Crippen molar-refractivity contribution in [1.29, 1.82) is 0 Å².